The van der Waals surface area contributed by atoms with Crippen LogP contribution in [0.15, 0.2) is 78.9 Å². The summed E-state index contributed by atoms with van der Waals surface area (Å²) in [6.07, 6.45) is 1.84. The van der Waals surface area contributed by atoms with Crippen LogP contribution >= 0.6 is 0 Å². The molecule has 1 aliphatic carbocycles. The number of piperidine rings is 1. The lowest BCUT2D eigenvalue weighted by atomic mass is 9.95. The first-order chi connectivity index (χ1) is 17.2. The lowest BCUT2D eigenvalue weighted by molar-refractivity contribution is 0.0694. The molecule has 5 nitrogen and oxygen atoms in total. The first-order valence-electron chi connectivity index (χ1n) is 12.9. The topological polar surface area (TPSA) is 36.0 Å². The molecular weight excluding hydrogens is 434 g/mol. The Hall–Kier alpha value is -3.31. The number of rotatable bonds is 5. The third-order valence-corrected chi connectivity index (χ3v) is 7.90. The van der Waals surface area contributed by atoms with E-state index >= 15 is 0 Å². The minimum Gasteiger partial charge on any atom is -0.445 e. The number of benzene rings is 3. The van der Waals surface area contributed by atoms with E-state index in [1.165, 1.54) is 22.4 Å². The van der Waals surface area contributed by atoms with Gasteiger partial charge in [0.25, 0.3) is 0 Å². The highest BCUT2D eigenvalue weighted by Crippen LogP contribution is 2.50. The fourth-order valence-electron chi connectivity index (χ4n) is 5.99. The fourth-order valence-corrected chi connectivity index (χ4v) is 5.99. The maximum atomic E-state index is 12.9. The van der Waals surface area contributed by atoms with Crippen molar-refractivity contribution in [3.05, 3.63) is 101 Å². The first-order valence-corrected chi connectivity index (χ1v) is 12.9. The molecule has 2 bridgehead atoms. The molecule has 5 heteroatoms. The molecular formula is C30H33N3O2. The molecule has 0 saturated carbocycles. The Balaban J connectivity index is 1.09. The van der Waals surface area contributed by atoms with Gasteiger partial charge in [0.1, 0.15) is 6.61 Å². The minimum absolute atomic E-state index is 0.142. The van der Waals surface area contributed by atoms with Gasteiger partial charge < -0.3 is 14.5 Å². The smallest absolute Gasteiger partial charge is 0.410 e. The van der Waals surface area contributed by atoms with Gasteiger partial charge in [-0.15, -0.1) is 0 Å². The molecule has 3 aromatic rings. The Bertz CT molecular complexity index is 1160. The highest BCUT2D eigenvalue weighted by Gasteiger charge is 2.41. The average Bonchev–Trinajstić information content (AvgIpc) is 3.20. The van der Waals surface area contributed by atoms with E-state index in [2.05, 4.69) is 58.3 Å². The number of hydrogen-bond acceptors (Lipinski definition) is 4. The molecule has 1 amide bonds. The number of amides is 1. The van der Waals surface area contributed by atoms with E-state index in [9.17, 15) is 4.79 Å². The second-order valence-corrected chi connectivity index (χ2v) is 10.0. The van der Waals surface area contributed by atoms with E-state index in [0.29, 0.717) is 12.5 Å². The summed E-state index contributed by atoms with van der Waals surface area (Å²) in [7, 11) is 0. The van der Waals surface area contributed by atoms with Crippen molar-refractivity contribution in [1.29, 1.82) is 0 Å². The van der Waals surface area contributed by atoms with E-state index < -0.39 is 0 Å². The molecule has 2 saturated heterocycles. The zero-order chi connectivity index (χ0) is 23.6. The van der Waals surface area contributed by atoms with Crippen LogP contribution in [-0.2, 0) is 17.9 Å². The summed E-state index contributed by atoms with van der Waals surface area (Å²) in [5.74, 6) is 0.549. The monoisotopic (exact) mass is 467 g/mol. The maximum absolute atomic E-state index is 12.9. The van der Waals surface area contributed by atoms with Crippen molar-refractivity contribution >= 4 is 11.8 Å². The van der Waals surface area contributed by atoms with Gasteiger partial charge in [0.05, 0.1) is 6.04 Å². The van der Waals surface area contributed by atoms with Gasteiger partial charge in [-0.3, -0.25) is 4.90 Å². The van der Waals surface area contributed by atoms with Gasteiger partial charge in [-0.1, -0.05) is 66.7 Å². The predicted molar refractivity (Wildman–Crippen MR) is 138 cm³/mol. The summed E-state index contributed by atoms with van der Waals surface area (Å²) in [5.41, 5.74) is 6.50. The van der Waals surface area contributed by atoms with E-state index in [4.69, 9.17) is 4.74 Å². The summed E-state index contributed by atoms with van der Waals surface area (Å²) in [6.45, 7) is 6.39. The van der Waals surface area contributed by atoms with Gasteiger partial charge in [-0.25, -0.2) is 4.79 Å². The maximum Gasteiger partial charge on any atom is 0.410 e. The van der Waals surface area contributed by atoms with Crippen LogP contribution in [0.3, 0.4) is 0 Å². The second-order valence-electron chi connectivity index (χ2n) is 10.0. The van der Waals surface area contributed by atoms with Crippen molar-refractivity contribution < 1.29 is 9.53 Å². The Morgan fingerprint density at radius 1 is 0.800 bits per heavy atom. The van der Waals surface area contributed by atoms with Crippen molar-refractivity contribution in [3.8, 4) is 0 Å². The number of ether oxygens (including phenoxy) is 1. The molecule has 6 rings (SSSR count). The van der Waals surface area contributed by atoms with Gasteiger partial charge in [0, 0.05) is 45.0 Å². The molecule has 2 aliphatic heterocycles. The van der Waals surface area contributed by atoms with Crippen molar-refractivity contribution in [2.45, 2.75) is 38.0 Å². The fraction of sp³-hybridized carbons (Fsp3) is 0.367. The van der Waals surface area contributed by atoms with Gasteiger partial charge in [0.2, 0.25) is 0 Å². The first kappa shape index (κ1) is 22.2. The molecule has 180 valence electrons. The number of fused-ring (bicyclic) bond motifs is 5. The Kier molecular flexibility index (Phi) is 6.17. The number of hydrogen-bond donors (Lipinski definition) is 0. The Morgan fingerprint density at radius 3 is 2.26 bits per heavy atom. The Labute approximate surface area is 207 Å². The highest BCUT2D eigenvalue weighted by molar-refractivity contribution is 5.70. The van der Waals surface area contributed by atoms with Crippen LogP contribution in [0.25, 0.3) is 0 Å². The lowest BCUT2D eigenvalue weighted by Gasteiger charge is -2.36. The van der Waals surface area contributed by atoms with Crippen molar-refractivity contribution in [1.82, 2.24) is 9.80 Å². The van der Waals surface area contributed by atoms with Crippen molar-refractivity contribution in [2.24, 2.45) is 0 Å². The van der Waals surface area contributed by atoms with Gasteiger partial charge in [-0.05, 0) is 53.1 Å². The molecule has 2 unspecified atom stereocenters. The number of nitrogens with zero attached hydrogens (tertiary/aromatic N) is 3. The van der Waals surface area contributed by atoms with Crippen molar-refractivity contribution in [3.63, 3.8) is 0 Å². The van der Waals surface area contributed by atoms with Gasteiger partial charge in [-0.2, -0.15) is 0 Å². The van der Waals surface area contributed by atoms with Gasteiger partial charge in [0.15, 0.2) is 0 Å². The third-order valence-electron chi connectivity index (χ3n) is 7.90. The molecule has 3 aliphatic rings. The number of carbonyl (C=O) groups excluding carboxylic acids is 1. The number of carbonyl (C=O) groups is 1. The summed E-state index contributed by atoms with van der Waals surface area (Å²) < 4.78 is 5.68. The van der Waals surface area contributed by atoms with E-state index in [1.807, 2.05) is 35.2 Å². The molecule has 35 heavy (non-hydrogen) atoms. The molecule has 2 atom stereocenters. The molecule has 0 aromatic heterocycles. The lowest BCUT2D eigenvalue weighted by Crippen LogP contribution is -2.46. The van der Waals surface area contributed by atoms with Crippen LogP contribution < -0.4 is 4.90 Å². The largest absolute Gasteiger partial charge is 0.445 e. The van der Waals surface area contributed by atoms with E-state index in [0.717, 1.165) is 57.7 Å². The molecule has 3 aromatic carbocycles. The molecule has 2 fully saturated rings. The average molecular weight is 468 g/mol. The SMILES string of the molecule is O=C(OCc1ccccc1)N1CCC2CC1c1ccc(N3CCN(Cc4ccccc4)CC3)cc12. The van der Waals surface area contributed by atoms with E-state index in [1.54, 1.807) is 0 Å². The predicted octanol–water partition coefficient (Wildman–Crippen LogP) is 5.58. The van der Waals surface area contributed by atoms with Crippen LogP contribution in [0, 0.1) is 0 Å². The quantitative estimate of drug-likeness (QED) is 0.491. The minimum atomic E-state index is -0.191. The summed E-state index contributed by atoms with van der Waals surface area (Å²) in [6, 6.07) is 27.8. The second kappa shape index (κ2) is 9.74. The normalized spacial score (nSPS) is 21.6. The summed E-state index contributed by atoms with van der Waals surface area (Å²) >= 11 is 0. The number of anilines is 1. The number of likely N-dealkylation sites (tertiary alicyclic amines) is 1. The summed E-state index contributed by atoms with van der Waals surface area (Å²) in [5, 5.41) is 0. The third kappa shape index (κ3) is 4.65. The van der Waals surface area contributed by atoms with Crippen LogP contribution in [0.4, 0.5) is 10.5 Å². The molecule has 0 spiro atoms. The molecule has 2 heterocycles. The standard InChI is InChI=1S/C30H33N3O2/c34-30(35-22-24-9-5-2-6-10-24)33-14-13-25-19-29(33)27-12-11-26(20-28(25)27)32-17-15-31(16-18-32)21-23-7-3-1-4-8-23/h1-12,20,25,29H,13-19,21-22H2. The highest BCUT2D eigenvalue weighted by atomic mass is 16.6. The molecule has 0 N–H and O–H groups in total. The van der Waals surface area contributed by atoms with Crippen LogP contribution in [-0.4, -0.2) is 48.6 Å². The van der Waals surface area contributed by atoms with Crippen molar-refractivity contribution in [2.75, 3.05) is 37.6 Å². The molecule has 0 radical (unpaired) electrons. The Morgan fingerprint density at radius 2 is 1.51 bits per heavy atom. The van der Waals surface area contributed by atoms with Crippen LogP contribution in [0.1, 0.15) is 47.1 Å². The van der Waals surface area contributed by atoms with Gasteiger partial charge >= 0.3 is 6.09 Å². The summed E-state index contributed by atoms with van der Waals surface area (Å²) in [4.78, 5) is 20.0. The number of piperazine rings is 1. The van der Waals surface area contributed by atoms with Crippen LogP contribution in [0.2, 0.25) is 0 Å². The van der Waals surface area contributed by atoms with Crippen LogP contribution in [0.5, 0.6) is 0 Å². The van der Waals surface area contributed by atoms with E-state index in [-0.39, 0.29) is 12.1 Å². The zero-order valence-electron chi connectivity index (χ0n) is 20.2. The zero-order valence-corrected chi connectivity index (χ0v) is 20.2.